The summed E-state index contributed by atoms with van der Waals surface area (Å²) in [7, 11) is 1.47. The van der Waals surface area contributed by atoms with E-state index >= 15 is 0 Å². The Bertz CT molecular complexity index is 811. The summed E-state index contributed by atoms with van der Waals surface area (Å²) in [6.07, 6.45) is 1.23. The zero-order chi connectivity index (χ0) is 19.4. The van der Waals surface area contributed by atoms with Gasteiger partial charge >= 0.3 is 0 Å². The summed E-state index contributed by atoms with van der Waals surface area (Å²) in [5.41, 5.74) is 1.20. The van der Waals surface area contributed by atoms with Crippen molar-refractivity contribution in [1.82, 2.24) is 4.90 Å². The van der Waals surface area contributed by atoms with Crippen molar-refractivity contribution in [2.75, 3.05) is 25.5 Å². The second-order valence-corrected chi connectivity index (χ2v) is 7.21. The maximum Gasteiger partial charge on any atom is 0.253 e. The van der Waals surface area contributed by atoms with E-state index in [1.165, 1.54) is 7.11 Å². The number of hydrogen-bond acceptors (Lipinski definition) is 3. The summed E-state index contributed by atoms with van der Waals surface area (Å²) < 4.78 is 5.11. The molecule has 7 heteroatoms. The molecule has 2 aromatic rings. The van der Waals surface area contributed by atoms with Gasteiger partial charge in [-0.15, -0.1) is 0 Å². The molecule has 1 N–H and O–H groups in total. The van der Waals surface area contributed by atoms with Crippen LogP contribution in [0.1, 0.15) is 23.2 Å². The van der Waals surface area contributed by atoms with Crippen LogP contribution in [0.2, 0.25) is 10.0 Å². The molecular formula is C20H20Cl2N2O3. The number of rotatable bonds is 4. The molecule has 0 unspecified atom stereocenters. The van der Waals surface area contributed by atoms with E-state index in [9.17, 15) is 9.59 Å². The van der Waals surface area contributed by atoms with Gasteiger partial charge in [-0.05, 0) is 37.1 Å². The first-order chi connectivity index (χ1) is 13.0. The van der Waals surface area contributed by atoms with Crippen molar-refractivity contribution >= 4 is 40.7 Å². The topological polar surface area (TPSA) is 58.6 Å². The summed E-state index contributed by atoms with van der Waals surface area (Å²) in [6, 6.07) is 12.5. The summed E-state index contributed by atoms with van der Waals surface area (Å²) in [4.78, 5) is 26.9. The first-order valence-electron chi connectivity index (χ1n) is 8.68. The predicted octanol–water partition coefficient (Wildman–Crippen LogP) is 4.49. The lowest BCUT2D eigenvalue weighted by atomic mass is 9.95. The molecule has 0 spiro atoms. The zero-order valence-corrected chi connectivity index (χ0v) is 16.4. The normalized spacial score (nSPS) is 14.7. The highest BCUT2D eigenvalue weighted by Gasteiger charge is 2.28. The Morgan fingerprint density at radius 3 is 2.22 bits per heavy atom. The van der Waals surface area contributed by atoms with Crippen LogP contribution in [0.15, 0.2) is 42.5 Å². The minimum atomic E-state index is -0.150. The zero-order valence-electron chi connectivity index (χ0n) is 14.9. The van der Waals surface area contributed by atoms with Gasteiger partial charge in [0.25, 0.3) is 5.91 Å². The average Bonchev–Trinajstić information content (AvgIpc) is 2.68. The van der Waals surface area contributed by atoms with Crippen molar-refractivity contribution in [3.8, 4) is 5.75 Å². The molecule has 3 rings (SSSR count). The van der Waals surface area contributed by atoms with Gasteiger partial charge in [-0.3, -0.25) is 9.59 Å². The molecule has 0 atom stereocenters. The van der Waals surface area contributed by atoms with Crippen LogP contribution < -0.4 is 10.1 Å². The average molecular weight is 407 g/mol. The number of hydrogen-bond donors (Lipinski definition) is 1. The molecule has 1 aliphatic heterocycles. The molecule has 0 saturated carbocycles. The van der Waals surface area contributed by atoms with Gasteiger partial charge in [0.1, 0.15) is 0 Å². The molecule has 2 amide bonds. The van der Waals surface area contributed by atoms with E-state index in [-0.39, 0.29) is 17.7 Å². The van der Waals surface area contributed by atoms with Gasteiger partial charge in [-0.2, -0.15) is 0 Å². The number of carbonyl (C=O) groups excluding carboxylic acids is 2. The number of halogens is 2. The third kappa shape index (κ3) is 4.54. The van der Waals surface area contributed by atoms with Crippen LogP contribution >= 0.6 is 23.2 Å². The first kappa shape index (κ1) is 19.5. The number of piperidine rings is 1. The number of ether oxygens (including phenoxy) is 1. The van der Waals surface area contributed by atoms with E-state index in [4.69, 9.17) is 27.9 Å². The smallest absolute Gasteiger partial charge is 0.253 e. The molecule has 142 valence electrons. The van der Waals surface area contributed by atoms with E-state index in [1.807, 2.05) is 30.3 Å². The molecule has 1 saturated heterocycles. The van der Waals surface area contributed by atoms with Crippen molar-refractivity contribution in [3.05, 3.63) is 58.1 Å². The van der Waals surface area contributed by atoms with Crippen molar-refractivity contribution < 1.29 is 14.3 Å². The molecule has 1 aliphatic rings. The third-order valence-corrected chi connectivity index (χ3v) is 5.21. The SMILES string of the molecule is COc1c(Cl)cc(C(=O)N2CCC(C(=O)Nc3ccccc3)CC2)cc1Cl. The predicted molar refractivity (Wildman–Crippen MR) is 107 cm³/mol. The van der Waals surface area contributed by atoms with Crippen LogP contribution in [-0.4, -0.2) is 36.9 Å². The van der Waals surface area contributed by atoms with Crippen molar-refractivity contribution in [3.63, 3.8) is 0 Å². The van der Waals surface area contributed by atoms with Crippen LogP contribution in [0.25, 0.3) is 0 Å². The Morgan fingerprint density at radius 1 is 1.07 bits per heavy atom. The van der Waals surface area contributed by atoms with E-state index in [2.05, 4.69) is 5.32 Å². The van der Waals surface area contributed by atoms with E-state index in [0.29, 0.717) is 47.3 Å². The lowest BCUT2D eigenvalue weighted by molar-refractivity contribution is -0.121. The number of nitrogens with zero attached hydrogens (tertiary/aromatic N) is 1. The fourth-order valence-electron chi connectivity index (χ4n) is 3.17. The number of benzene rings is 2. The van der Waals surface area contributed by atoms with Gasteiger partial charge in [0.2, 0.25) is 5.91 Å². The Balaban J connectivity index is 1.60. The largest absolute Gasteiger partial charge is 0.494 e. The molecule has 2 aromatic carbocycles. The number of likely N-dealkylation sites (tertiary alicyclic amines) is 1. The van der Waals surface area contributed by atoms with Gasteiger partial charge in [-0.1, -0.05) is 41.4 Å². The van der Waals surface area contributed by atoms with Crippen LogP contribution in [0, 0.1) is 5.92 Å². The monoisotopic (exact) mass is 406 g/mol. The van der Waals surface area contributed by atoms with Gasteiger partial charge in [0.05, 0.1) is 17.2 Å². The van der Waals surface area contributed by atoms with E-state index in [0.717, 1.165) is 5.69 Å². The third-order valence-electron chi connectivity index (χ3n) is 4.64. The highest BCUT2D eigenvalue weighted by Crippen LogP contribution is 2.34. The second kappa shape index (κ2) is 8.63. The summed E-state index contributed by atoms with van der Waals surface area (Å²) in [5.74, 6) is 0.0793. The maximum atomic E-state index is 12.7. The van der Waals surface area contributed by atoms with Crippen LogP contribution in [0.3, 0.4) is 0 Å². The Kier molecular flexibility index (Phi) is 6.24. The van der Waals surface area contributed by atoms with Gasteiger partial charge in [-0.25, -0.2) is 0 Å². The number of methoxy groups -OCH3 is 1. The number of anilines is 1. The van der Waals surface area contributed by atoms with Gasteiger partial charge in [0, 0.05) is 30.3 Å². The highest BCUT2D eigenvalue weighted by molar-refractivity contribution is 6.37. The number of nitrogens with one attached hydrogen (secondary N) is 1. The lowest BCUT2D eigenvalue weighted by Crippen LogP contribution is -2.41. The van der Waals surface area contributed by atoms with Crippen molar-refractivity contribution in [1.29, 1.82) is 0 Å². The molecular weight excluding hydrogens is 387 g/mol. The molecule has 0 bridgehead atoms. The van der Waals surface area contributed by atoms with Crippen molar-refractivity contribution in [2.45, 2.75) is 12.8 Å². The maximum absolute atomic E-state index is 12.7. The quantitative estimate of drug-likeness (QED) is 0.813. The van der Waals surface area contributed by atoms with Gasteiger partial charge in [0.15, 0.2) is 5.75 Å². The second-order valence-electron chi connectivity index (χ2n) is 6.39. The highest BCUT2D eigenvalue weighted by atomic mass is 35.5. The Labute approximate surface area is 168 Å². The molecule has 1 fully saturated rings. The Hall–Kier alpha value is -2.24. The number of amides is 2. The standard InChI is InChI=1S/C20H20Cl2N2O3/c1-27-18-16(21)11-14(12-17(18)22)20(26)24-9-7-13(8-10-24)19(25)23-15-5-3-2-4-6-15/h2-6,11-13H,7-10H2,1H3,(H,23,25). The molecule has 1 heterocycles. The van der Waals surface area contributed by atoms with Crippen LogP contribution in [0.5, 0.6) is 5.75 Å². The lowest BCUT2D eigenvalue weighted by Gasteiger charge is -2.31. The van der Waals surface area contributed by atoms with Gasteiger partial charge < -0.3 is 15.0 Å². The summed E-state index contributed by atoms with van der Waals surface area (Å²) >= 11 is 12.3. The minimum absolute atomic E-state index is 0.0103. The number of para-hydroxylation sites is 1. The summed E-state index contributed by atoms with van der Waals surface area (Å²) in [6.45, 7) is 1.01. The van der Waals surface area contributed by atoms with Crippen LogP contribution in [-0.2, 0) is 4.79 Å². The Morgan fingerprint density at radius 2 is 1.67 bits per heavy atom. The first-order valence-corrected chi connectivity index (χ1v) is 9.43. The minimum Gasteiger partial charge on any atom is -0.494 e. The van der Waals surface area contributed by atoms with E-state index in [1.54, 1.807) is 17.0 Å². The van der Waals surface area contributed by atoms with Crippen LogP contribution in [0.4, 0.5) is 5.69 Å². The molecule has 27 heavy (non-hydrogen) atoms. The van der Waals surface area contributed by atoms with Crippen molar-refractivity contribution in [2.24, 2.45) is 5.92 Å². The molecule has 0 radical (unpaired) electrons. The molecule has 0 aliphatic carbocycles. The fraction of sp³-hybridized carbons (Fsp3) is 0.300. The molecule has 5 nitrogen and oxygen atoms in total. The van der Waals surface area contributed by atoms with E-state index < -0.39 is 0 Å². The molecule has 0 aromatic heterocycles. The fourth-order valence-corrected chi connectivity index (χ4v) is 3.81. The number of carbonyl (C=O) groups is 2. The summed E-state index contributed by atoms with van der Waals surface area (Å²) in [5, 5.41) is 3.52.